The number of rotatable bonds is 5. The summed E-state index contributed by atoms with van der Waals surface area (Å²) in [6, 6.07) is 11.2. The molecule has 1 amide bonds. The molecule has 1 aliphatic heterocycles. The molecular formula is C20H21BrN4O2. The molecule has 1 saturated heterocycles. The fourth-order valence-corrected chi connectivity index (χ4v) is 3.87. The molecular weight excluding hydrogens is 408 g/mol. The average molecular weight is 429 g/mol. The van der Waals surface area contributed by atoms with Crippen molar-refractivity contribution in [2.45, 2.75) is 25.4 Å². The van der Waals surface area contributed by atoms with Gasteiger partial charge in [-0.25, -0.2) is 4.98 Å². The van der Waals surface area contributed by atoms with Crippen molar-refractivity contribution in [1.82, 2.24) is 14.3 Å². The largest absolute Gasteiger partial charge is 0.497 e. The van der Waals surface area contributed by atoms with Gasteiger partial charge in [-0.05, 0) is 71.7 Å². The number of amides is 1. The van der Waals surface area contributed by atoms with E-state index in [2.05, 4.69) is 31.1 Å². The molecule has 0 saturated carbocycles. The number of imidazole rings is 1. The first-order valence-electron chi connectivity index (χ1n) is 8.94. The number of carbonyl (C=O) groups excluding carboxylic acids is 1. The predicted molar refractivity (Wildman–Crippen MR) is 108 cm³/mol. The summed E-state index contributed by atoms with van der Waals surface area (Å²) in [6.45, 7) is 1.57. The molecule has 140 valence electrons. The molecule has 7 heteroatoms. The number of aromatic nitrogens is 2. The Morgan fingerprint density at radius 3 is 2.85 bits per heavy atom. The maximum atomic E-state index is 12.8. The van der Waals surface area contributed by atoms with Crippen LogP contribution in [0.1, 0.15) is 18.5 Å². The van der Waals surface area contributed by atoms with Gasteiger partial charge in [0.2, 0.25) is 5.91 Å². The highest BCUT2D eigenvalue weighted by Crippen LogP contribution is 2.23. The number of carbonyl (C=O) groups is 1. The third-order valence-electron chi connectivity index (χ3n) is 4.85. The summed E-state index contributed by atoms with van der Waals surface area (Å²) >= 11 is 3.48. The predicted octanol–water partition coefficient (Wildman–Crippen LogP) is 3.71. The Hall–Kier alpha value is -2.38. The van der Waals surface area contributed by atoms with Gasteiger partial charge in [-0.15, -0.1) is 0 Å². The number of halogens is 1. The van der Waals surface area contributed by atoms with Crippen molar-refractivity contribution < 1.29 is 9.53 Å². The highest BCUT2D eigenvalue weighted by atomic mass is 79.9. The minimum Gasteiger partial charge on any atom is -0.497 e. The Balaban J connectivity index is 1.44. The summed E-state index contributed by atoms with van der Waals surface area (Å²) in [5.41, 5.74) is 2.66. The van der Waals surface area contributed by atoms with Gasteiger partial charge >= 0.3 is 0 Å². The van der Waals surface area contributed by atoms with Gasteiger partial charge in [0.15, 0.2) is 0 Å². The van der Waals surface area contributed by atoms with Crippen LogP contribution in [0.5, 0.6) is 5.75 Å². The lowest BCUT2D eigenvalue weighted by molar-refractivity contribution is -0.120. The molecule has 2 aromatic heterocycles. The molecule has 27 heavy (non-hydrogen) atoms. The average Bonchev–Trinajstić information content (AvgIpc) is 3.28. The van der Waals surface area contributed by atoms with Crippen molar-refractivity contribution in [2.24, 2.45) is 0 Å². The molecule has 4 rings (SSSR count). The van der Waals surface area contributed by atoms with Crippen LogP contribution < -0.4 is 10.1 Å². The molecule has 3 heterocycles. The Kier molecular flexibility index (Phi) is 5.13. The van der Waals surface area contributed by atoms with E-state index in [1.807, 2.05) is 53.2 Å². The fraction of sp³-hybridized carbons (Fsp3) is 0.300. The van der Waals surface area contributed by atoms with E-state index >= 15 is 0 Å². The lowest BCUT2D eigenvalue weighted by atomic mass is 10.2. The molecule has 6 nitrogen and oxygen atoms in total. The van der Waals surface area contributed by atoms with Crippen LogP contribution >= 0.6 is 15.9 Å². The molecule has 1 N–H and O–H groups in total. The van der Waals surface area contributed by atoms with E-state index in [1.165, 1.54) is 0 Å². The first kappa shape index (κ1) is 18.0. The van der Waals surface area contributed by atoms with Gasteiger partial charge in [0.05, 0.1) is 18.8 Å². The number of ether oxygens (including phenoxy) is 1. The summed E-state index contributed by atoms with van der Waals surface area (Å²) in [6.07, 6.45) is 5.89. The lowest BCUT2D eigenvalue weighted by Crippen LogP contribution is -2.39. The van der Waals surface area contributed by atoms with Crippen molar-refractivity contribution in [3.05, 3.63) is 59.0 Å². The number of nitrogens with zero attached hydrogens (tertiary/aromatic N) is 3. The second-order valence-corrected chi connectivity index (χ2v) is 7.61. The van der Waals surface area contributed by atoms with Crippen LogP contribution in [0.15, 0.2) is 53.3 Å². The number of likely N-dealkylation sites (tertiary alicyclic amines) is 1. The summed E-state index contributed by atoms with van der Waals surface area (Å²) in [5.74, 6) is 0.804. The third kappa shape index (κ3) is 3.99. The Labute approximate surface area is 166 Å². The Morgan fingerprint density at radius 2 is 2.07 bits per heavy atom. The Morgan fingerprint density at radius 1 is 1.26 bits per heavy atom. The molecule has 1 atom stereocenters. The number of benzene rings is 1. The van der Waals surface area contributed by atoms with E-state index in [-0.39, 0.29) is 11.9 Å². The molecule has 1 unspecified atom stereocenters. The van der Waals surface area contributed by atoms with E-state index in [0.29, 0.717) is 6.54 Å². The zero-order valence-electron chi connectivity index (χ0n) is 15.1. The summed E-state index contributed by atoms with van der Waals surface area (Å²) in [5, 5.41) is 3.02. The van der Waals surface area contributed by atoms with E-state index in [9.17, 15) is 4.79 Å². The van der Waals surface area contributed by atoms with Gasteiger partial charge in [0.1, 0.15) is 11.4 Å². The smallest absolute Gasteiger partial charge is 0.241 e. The third-order valence-corrected chi connectivity index (χ3v) is 5.32. The minimum absolute atomic E-state index is 0.0316. The molecule has 0 aliphatic carbocycles. The molecule has 1 aromatic carbocycles. The van der Waals surface area contributed by atoms with Crippen LogP contribution in [0.3, 0.4) is 0 Å². The Bertz CT molecular complexity index is 954. The van der Waals surface area contributed by atoms with Gasteiger partial charge in [-0.2, -0.15) is 0 Å². The molecule has 1 fully saturated rings. The molecule has 0 spiro atoms. The zero-order chi connectivity index (χ0) is 18.8. The van der Waals surface area contributed by atoms with Crippen LogP contribution in [0.4, 0.5) is 5.69 Å². The van der Waals surface area contributed by atoms with E-state index in [0.717, 1.165) is 46.6 Å². The number of hydrogen-bond donors (Lipinski definition) is 1. The van der Waals surface area contributed by atoms with Crippen LogP contribution in [0.2, 0.25) is 0 Å². The van der Waals surface area contributed by atoms with Crippen molar-refractivity contribution in [3.63, 3.8) is 0 Å². The van der Waals surface area contributed by atoms with Gasteiger partial charge in [0.25, 0.3) is 0 Å². The summed E-state index contributed by atoms with van der Waals surface area (Å²) in [4.78, 5) is 19.6. The van der Waals surface area contributed by atoms with E-state index < -0.39 is 0 Å². The first-order chi connectivity index (χ1) is 13.1. The van der Waals surface area contributed by atoms with Gasteiger partial charge in [0, 0.05) is 29.1 Å². The van der Waals surface area contributed by atoms with E-state index in [1.54, 1.807) is 7.11 Å². The van der Waals surface area contributed by atoms with Crippen LogP contribution in [0.25, 0.3) is 5.65 Å². The topological polar surface area (TPSA) is 58.9 Å². The maximum absolute atomic E-state index is 12.8. The van der Waals surface area contributed by atoms with E-state index in [4.69, 9.17) is 4.74 Å². The number of anilines is 1. The van der Waals surface area contributed by atoms with Crippen molar-refractivity contribution >= 4 is 33.2 Å². The normalized spacial score (nSPS) is 17.3. The number of fused-ring (bicyclic) bond motifs is 1. The number of hydrogen-bond acceptors (Lipinski definition) is 4. The lowest BCUT2D eigenvalue weighted by Gasteiger charge is -2.22. The molecule has 3 aromatic rings. The highest BCUT2D eigenvalue weighted by Gasteiger charge is 2.31. The van der Waals surface area contributed by atoms with Gasteiger partial charge in [-0.3, -0.25) is 9.69 Å². The summed E-state index contributed by atoms with van der Waals surface area (Å²) < 4.78 is 8.17. The maximum Gasteiger partial charge on any atom is 0.241 e. The minimum atomic E-state index is -0.136. The van der Waals surface area contributed by atoms with Gasteiger partial charge in [-0.1, -0.05) is 0 Å². The highest BCUT2D eigenvalue weighted by molar-refractivity contribution is 9.10. The zero-order valence-corrected chi connectivity index (χ0v) is 16.6. The standard InChI is InChI=1S/C20H21BrN4O2/c1-27-17-7-5-15(6-8-17)23-20(26)18-3-2-10-24(18)12-16-13-25-11-14(21)4-9-19(25)22-16/h4-9,11,13,18H,2-3,10,12H2,1H3,(H,23,26). The quantitative estimate of drug-likeness (QED) is 0.672. The monoisotopic (exact) mass is 428 g/mol. The van der Waals surface area contributed by atoms with Crippen LogP contribution in [-0.2, 0) is 11.3 Å². The number of nitrogens with one attached hydrogen (secondary N) is 1. The number of pyridine rings is 1. The second-order valence-electron chi connectivity index (χ2n) is 6.69. The fourth-order valence-electron chi connectivity index (χ4n) is 3.51. The van der Waals surface area contributed by atoms with Crippen molar-refractivity contribution in [2.75, 3.05) is 19.0 Å². The number of methoxy groups -OCH3 is 1. The van der Waals surface area contributed by atoms with Crippen LogP contribution in [0, 0.1) is 0 Å². The van der Waals surface area contributed by atoms with Crippen molar-refractivity contribution in [1.29, 1.82) is 0 Å². The second kappa shape index (κ2) is 7.70. The first-order valence-corrected chi connectivity index (χ1v) is 9.74. The van der Waals surface area contributed by atoms with Crippen LogP contribution in [-0.4, -0.2) is 39.9 Å². The van der Waals surface area contributed by atoms with Gasteiger partial charge < -0.3 is 14.5 Å². The SMILES string of the molecule is COc1ccc(NC(=O)C2CCCN2Cc2cn3cc(Br)ccc3n2)cc1. The molecule has 1 aliphatic rings. The summed E-state index contributed by atoms with van der Waals surface area (Å²) in [7, 11) is 1.63. The molecule has 0 bridgehead atoms. The van der Waals surface area contributed by atoms with Crippen molar-refractivity contribution in [3.8, 4) is 5.75 Å². The molecule has 0 radical (unpaired) electrons.